The van der Waals surface area contributed by atoms with Crippen LogP contribution < -0.4 is 0 Å². The van der Waals surface area contributed by atoms with Gasteiger partial charge in [-0.25, -0.2) is 0 Å². The molecule has 0 aliphatic heterocycles. The van der Waals surface area contributed by atoms with Crippen molar-refractivity contribution in [3.63, 3.8) is 0 Å². The Bertz CT molecular complexity index is 462. The summed E-state index contributed by atoms with van der Waals surface area (Å²) < 4.78 is 0. The number of halogens is 1. The van der Waals surface area contributed by atoms with Crippen molar-refractivity contribution in [3.05, 3.63) is 52.6 Å². The summed E-state index contributed by atoms with van der Waals surface area (Å²) in [5.41, 5.74) is 0.469. The van der Waals surface area contributed by atoms with E-state index in [9.17, 15) is 14.9 Å². The number of rotatable bonds is 6. The molecule has 0 radical (unpaired) electrons. The smallest absolute Gasteiger partial charge is 0.274 e. The molecule has 18 heavy (non-hydrogen) atoms. The number of amides is 1. The first-order valence-electron chi connectivity index (χ1n) is 5.29. The van der Waals surface area contributed by atoms with Gasteiger partial charge in [0.15, 0.2) is 0 Å². The van der Waals surface area contributed by atoms with Gasteiger partial charge >= 0.3 is 0 Å². The first-order chi connectivity index (χ1) is 8.60. The predicted octanol–water partition coefficient (Wildman–Crippen LogP) is 2.35. The van der Waals surface area contributed by atoms with Gasteiger partial charge in [0.1, 0.15) is 0 Å². The molecule has 0 unspecified atom stereocenters. The summed E-state index contributed by atoms with van der Waals surface area (Å²) in [6, 6.07) is 6.31. The highest BCUT2D eigenvalue weighted by Gasteiger charge is 2.17. The number of para-hydroxylation sites is 1. The summed E-state index contributed by atoms with van der Waals surface area (Å²) in [4.78, 5) is 23.4. The lowest BCUT2D eigenvalue weighted by Gasteiger charge is -2.19. The van der Waals surface area contributed by atoms with Crippen molar-refractivity contribution in [3.8, 4) is 0 Å². The maximum Gasteiger partial charge on any atom is 0.274 e. The van der Waals surface area contributed by atoms with Gasteiger partial charge < -0.3 is 4.90 Å². The molecule has 6 heteroatoms. The summed E-state index contributed by atoms with van der Waals surface area (Å²) in [6.07, 6.45) is 1.17. The topological polar surface area (TPSA) is 63.5 Å². The molecule has 1 amide bonds. The Morgan fingerprint density at radius 2 is 2.17 bits per heavy atom. The van der Waals surface area contributed by atoms with Crippen LogP contribution in [0.1, 0.15) is 5.56 Å². The summed E-state index contributed by atoms with van der Waals surface area (Å²) in [6.45, 7) is 3.86. The lowest BCUT2D eigenvalue weighted by molar-refractivity contribution is -0.385. The molecule has 0 fully saturated rings. The van der Waals surface area contributed by atoms with Gasteiger partial charge in [0.05, 0.1) is 11.5 Å². The zero-order chi connectivity index (χ0) is 13.5. The number of carbonyl (C=O) groups is 1. The standard InChI is InChI=1S/C12H13ClN2O3/c1-2-12(16)14(8-7-13)9-10-5-3-4-6-11(10)15(17)18/h2-6H,1,7-9H2. The molecular formula is C12H13ClN2O3. The highest BCUT2D eigenvalue weighted by Crippen LogP contribution is 2.19. The zero-order valence-electron chi connectivity index (χ0n) is 9.71. The van der Waals surface area contributed by atoms with E-state index in [0.717, 1.165) is 0 Å². The van der Waals surface area contributed by atoms with Gasteiger partial charge in [-0.1, -0.05) is 24.8 Å². The van der Waals surface area contributed by atoms with Crippen LogP contribution in [0.2, 0.25) is 0 Å². The van der Waals surface area contributed by atoms with Gasteiger partial charge in [-0.3, -0.25) is 14.9 Å². The third-order valence-electron chi connectivity index (χ3n) is 2.39. The predicted molar refractivity (Wildman–Crippen MR) is 69.4 cm³/mol. The van der Waals surface area contributed by atoms with Crippen molar-refractivity contribution in [1.82, 2.24) is 4.90 Å². The molecule has 96 valence electrons. The van der Waals surface area contributed by atoms with Crippen molar-refractivity contribution in [2.24, 2.45) is 0 Å². The Morgan fingerprint density at radius 3 is 2.72 bits per heavy atom. The molecule has 5 nitrogen and oxygen atoms in total. The van der Waals surface area contributed by atoms with Gasteiger partial charge in [-0.05, 0) is 6.08 Å². The van der Waals surface area contributed by atoms with E-state index in [1.165, 1.54) is 17.0 Å². The van der Waals surface area contributed by atoms with Crippen LogP contribution in [0.3, 0.4) is 0 Å². The van der Waals surface area contributed by atoms with Crippen LogP contribution in [0.4, 0.5) is 5.69 Å². The Morgan fingerprint density at radius 1 is 1.50 bits per heavy atom. The fraction of sp³-hybridized carbons (Fsp3) is 0.250. The fourth-order valence-corrected chi connectivity index (χ4v) is 1.73. The molecule has 0 saturated carbocycles. The number of nitro benzene ring substituents is 1. The van der Waals surface area contributed by atoms with E-state index in [0.29, 0.717) is 12.1 Å². The van der Waals surface area contributed by atoms with E-state index < -0.39 is 4.92 Å². The Hall–Kier alpha value is -1.88. The van der Waals surface area contributed by atoms with Gasteiger partial charge in [0.25, 0.3) is 5.69 Å². The Balaban J connectivity index is 2.96. The highest BCUT2D eigenvalue weighted by atomic mass is 35.5. The number of hydrogen-bond acceptors (Lipinski definition) is 3. The minimum absolute atomic E-state index is 0.00562. The van der Waals surface area contributed by atoms with E-state index in [4.69, 9.17) is 11.6 Å². The largest absolute Gasteiger partial charge is 0.333 e. The van der Waals surface area contributed by atoms with E-state index in [1.54, 1.807) is 18.2 Å². The van der Waals surface area contributed by atoms with Crippen LogP contribution in [-0.4, -0.2) is 28.2 Å². The molecule has 0 saturated heterocycles. The van der Waals surface area contributed by atoms with Gasteiger partial charge in [0, 0.05) is 24.1 Å². The van der Waals surface area contributed by atoms with Crippen LogP contribution in [0.15, 0.2) is 36.9 Å². The summed E-state index contributed by atoms with van der Waals surface area (Å²) in [7, 11) is 0. The summed E-state index contributed by atoms with van der Waals surface area (Å²) in [5.74, 6) is -0.0333. The van der Waals surface area contributed by atoms with E-state index >= 15 is 0 Å². The van der Waals surface area contributed by atoms with Crippen LogP contribution in [0, 0.1) is 10.1 Å². The second-order valence-electron chi connectivity index (χ2n) is 3.54. The van der Waals surface area contributed by atoms with Crippen molar-refractivity contribution >= 4 is 23.2 Å². The zero-order valence-corrected chi connectivity index (χ0v) is 10.5. The third-order valence-corrected chi connectivity index (χ3v) is 2.56. The molecule has 1 aromatic rings. The molecule has 1 rings (SSSR count). The monoisotopic (exact) mass is 268 g/mol. The van der Waals surface area contributed by atoms with Gasteiger partial charge in [0.2, 0.25) is 5.91 Å². The lowest BCUT2D eigenvalue weighted by atomic mass is 10.1. The summed E-state index contributed by atoms with van der Waals surface area (Å²) in [5, 5.41) is 10.9. The minimum atomic E-state index is -0.466. The SMILES string of the molecule is C=CC(=O)N(CCCl)Cc1ccccc1[N+](=O)[O-]. The van der Waals surface area contributed by atoms with Crippen LogP contribution in [-0.2, 0) is 11.3 Å². The molecule has 1 aromatic carbocycles. The number of nitro groups is 1. The Labute approximate surface area is 110 Å². The number of carbonyl (C=O) groups excluding carboxylic acids is 1. The maximum atomic E-state index is 11.6. The molecule has 0 bridgehead atoms. The van der Waals surface area contributed by atoms with Gasteiger partial charge in [-0.15, -0.1) is 11.6 Å². The first kappa shape index (κ1) is 14.2. The van der Waals surface area contributed by atoms with Gasteiger partial charge in [-0.2, -0.15) is 0 Å². The fourth-order valence-electron chi connectivity index (χ4n) is 1.53. The molecule has 0 heterocycles. The average molecular weight is 269 g/mol. The second-order valence-corrected chi connectivity index (χ2v) is 3.92. The molecule has 0 aliphatic carbocycles. The lowest BCUT2D eigenvalue weighted by Crippen LogP contribution is -2.30. The second kappa shape index (κ2) is 6.76. The van der Waals surface area contributed by atoms with Crippen molar-refractivity contribution < 1.29 is 9.72 Å². The van der Waals surface area contributed by atoms with E-state index in [-0.39, 0.29) is 24.0 Å². The van der Waals surface area contributed by atoms with Crippen LogP contribution in [0.5, 0.6) is 0 Å². The number of benzene rings is 1. The Kier molecular flexibility index (Phi) is 5.32. The van der Waals surface area contributed by atoms with E-state index in [1.807, 2.05) is 0 Å². The maximum absolute atomic E-state index is 11.6. The van der Waals surface area contributed by atoms with Crippen molar-refractivity contribution in [2.45, 2.75) is 6.54 Å². The molecule has 0 spiro atoms. The summed E-state index contributed by atoms with van der Waals surface area (Å²) >= 11 is 5.60. The first-order valence-corrected chi connectivity index (χ1v) is 5.83. The molecule has 0 N–H and O–H groups in total. The third kappa shape index (κ3) is 3.56. The van der Waals surface area contributed by atoms with E-state index in [2.05, 4.69) is 6.58 Å². The van der Waals surface area contributed by atoms with Crippen LogP contribution in [0.25, 0.3) is 0 Å². The molecule has 0 atom stereocenters. The highest BCUT2D eigenvalue weighted by molar-refractivity contribution is 6.18. The number of hydrogen-bond donors (Lipinski definition) is 0. The molecule has 0 aliphatic rings. The number of nitrogens with zero attached hydrogens (tertiary/aromatic N) is 2. The normalized spacial score (nSPS) is 9.83. The van der Waals surface area contributed by atoms with Crippen molar-refractivity contribution in [2.75, 3.05) is 12.4 Å². The van der Waals surface area contributed by atoms with Crippen molar-refractivity contribution in [1.29, 1.82) is 0 Å². The minimum Gasteiger partial charge on any atom is -0.333 e. The quantitative estimate of drug-likeness (QED) is 0.344. The number of alkyl halides is 1. The molecular weight excluding hydrogens is 256 g/mol. The molecule has 0 aromatic heterocycles. The average Bonchev–Trinajstić information content (AvgIpc) is 2.37. The van der Waals surface area contributed by atoms with Crippen LogP contribution >= 0.6 is 11.6 Å².